The molecule has 0 saturated heterocycles. The quantitative estimate of drug-likeness (QED) is 0.0386. The molecule has 9 nitrogen and oxygen atoms in total. The number of rotatable bonds is 23. The summed E-state index contributed by atoms with van der Waals surface area (Å²) < 4.78 is 13.7. The maximum absolute atomic E-state index is 14.7. The Labute approximate surface area is 313 Å². The number of carboxylic acids is 2. The van der Waals surface area contributed by atoms with Crippen molar-refractivity contribution in [1.82, 2.24) is 4.90 Å². The van der Waals surface area contributed by atoms with Gasteiger partial charge in [0.25, 0.3) is 0 Å². The molecule has 5 unspecified atom stereocenters. The van der Waals surface area contributed by atoms with Gasteiger partial charge in [-0.3, -0.25) is 14.4 Å². The summed E-state index contributed by atoms with van der Waals surface area (Å²) in [6.07, 6.45) is 15.6. The Hall–Kier alpha value is -4.31. The molecule has 2 aromatic rings. The molecule has 1 amide bonds. The summed E-state index contributed by atoms with van der Waals surface area (Å²) in [7, 11) is 1.83. The second-order valence-electron chi connectivity index (χ2n) is 14.5. The third-order valence-electron chi connectivity index (χ3n) is 10.8. The molecule has 0 aliphatic heterocycles. The Balaban J connectivity index is 1.85. The highest BCUT2D eigenvalue weighted by Gasteiger charge is 2.36. The van der Waals surface area contributed by atoms with Crippen molar-refractivity contribution in [3.63, 3.8) is 0 Å². The van der Waals surface area contributed by atoms with Gasteiger partial charge >= 0.3 is 11.9 Å². The van der Waals surface area contributed by atoms with Crippen LogP contribution in [0.15, 0.2) is 66.3 Å². The summed E-state index contributed by atoms with van der Waals surface area (Å²) in [6.45, 7) is 4.10. The van der Waals surface area contributed by atoms with Gasteiger partial charge in [-0.1, -0.05) is 81.2 Å². The van der Waals surface area contributed by atoms with E-state index in [4.69, 9.17) is 0 Å². The zero-order chi connectivity index (χ0) is 38.9. The smallest absolute Gasteiger partial charge is 0.317 e. The highest BCUT2D eigenvalue weighted by atomic mass is 19.1. The van der Waals surface area contributed by atoms with Gasteiger partial charge in [-0.15, -0.1) is 0 Å². The molecule has 0 aromatic heterocycles. The number of allylic oxidation sites excluding steroid dienone is 2. The van der Waals surface area contributed by atoms with Crippen molar-refractivity contribution < 1.29 is 44.0 Å². The number of aliphatic hydroxyl groups is 1. The molecule has 3 rings (SSSR count). The average Bonchev–Trinajstić information content (AvgIpc) is 3.35. The van der Waals surface area contributed by atoms with Crippen LogP contribution in [0.25, 0.3) is 0 Å². The number of aryl methyl sites for hydroxylation is 1. The Morgan fingerprint density at radius 1 is 0.962 bits per heavy atom. The second kappa shape index (κ2) is 22.0. The largest absolute Gasteiger partial charge is 0.508 e. The summed E-state index contributed by atoms with van der Waals surface area (Å²) in [5, 5.41) is 40.8. The van der Waals surface area contributed by atoms with Gasteiger partial charge in [0.2, 0.25) is 5.91 Å². The van der Waals surface area contributed by atoms with Crippen molar-refractivity contribution in [3.05, 3.63) is 88.8 Å². The number of aliphatic hydroxyl groups excluding tert-OH is 1. The van der Waals surface area contributed by atoms with Crippen LogP contribution in [0, 0.1) is 29.5 Å². The van der Waals surface area contributed by atoms with Crippen LogP contribution in [0.1, 0.15) is 114 Å². The molecule has 4 N–H and O–H groups in total. The standard InChI is InChI=1S/C43H58FNO8/c1-4-31(28-40(48)33-20-22-35(44)23-21-33)37(27-34-19-18-30(26-39(34)47)14-11-16-36(42(50)51)43(52)53)41(49)45(3)38-17-12-15-29(25-32(38)5-2)13-9-7-6-8-10-24-46/h12,17-26,31-32,36-38,40,47-48H,4-11,13-16,27-28H2,1-3H3,(H,50,51)(H,52,53). The number of hydrogen-bond acceptors (Lipinski definition) is 6. The van der Waals surface area contributed by atoms with Gasteiger partial charge in [-0.05, 0) is 105 Å². The minimum absolute atomic E-state index is 0.00978. The monoisotopic (exact) mass is 735 g/mol. The topological polar surface area (TPSA) is 152 Å². The van der Waals surface area contributed by atoms with Crippen LogP contribution in [0.2, 0.25) is 0 Å². The van der Waals surface area contributed by atoms with Gasteiger partial charge in [-0.25, -0.2) is 4.39 Å². The SMILES string of the molecule is CCC1C=C(CCCCCCC=O)CC=CC1N(C)C(=O)C(Cc1ccc(CCCC(C(=O)O)C(=O)O)cc1O)C(CC)CC(O)c1ccc(F)cc1. The number of aliphatic carboxylic acids is 2. The Morgan fingerprint density at radius 2 is 1.66 bits per heavy atom. The van der Waals surface area contributed by atoms with E-state index < -0.39 is 35.7 Å². The molecule has 5 atom stereocenters. The fourth-order valence-corrected chi connectivity index (χ4v) is 7.49. The lowest BCUT2D eigenvalue weighted by molar-refractivity contribution is -0.154. The minimum atomic E-state index is -1.49. The van der Waals surface area contributed by atoms with E-state index >= 15 is 0 Å². The van der Waals surface area contributed by atoms with E-state index in [9.17, 15) is 44.0 Å². The number of carbonyl (C=O) groups excluding carboxylic acids is 2. The molecular weight excluding hydrogens is 677 g/mol. The summed E-state index contributed by atoms with van der Waals surface area (Å²) in [4.78, 5) is 49.7. The highest BCUT2D eigenvalue weighted by Crippen LogP contribution is 2.36. The molecule has 1 aliphatic carbocycles. The van der Waals surface area contributed by atoms with Crippen molar-refractivity contribution in [3.8, 4) is 5.75 Å². The molecule has 0 saturated carbocycles. The van der Waals surface area contributed by atoms with Crippen molar-refractivity contribution in [2.24, 2.45) is 23.7 Å². The fraction of sp³-hybridized carbons (Fsp3) is 0.535. The number of unbranched alkanes of at least 4 members (excludes halogenated alkanes) is 4. The summed E-state index contributed by atoms with van der Waals surface area (Å²) in [5.74, 6) is -5.56. The van der Waals surface area contributed by atoms with Crippen LogP contribution in [0.5, 0.6) is 5.75 Å². The van der Waals surface area contributed by atoms with Crippen LogP contribution in [0.4, 0.5) is 4.39 Å². The number of amides is 1. The van der Waals surface area contributed by atoms with Crippen LogP contribution < -0.4 is 0 Å². The number of carboxylic acid groups (broad SMARTS) is 2. The first-order chi connectivity index (χ1) is 25.4. The van der Waals surface area contributed by atoms with E-state index in [0.29, 0.717) is 36.8 Å². The van der Waals surface area contributed by atoms with Gasteiger partial charge < -0.3 is 30.1 Å². The minimum Gasteiger partial charge on any atom is -0.508 e. The second-order valence-corrected chi connectivity index (χ2v) is 14.5. The van der Waals surface area contributed by atoms with Crippen molar-refractivity contribution >= 4 is 24.1 Å². The number of likely N-dealkylation sites (N-methyl/N-ethyl adjacent to an activating group) is 1. The van der Waals surface area contributed by atoms with Gasteiger partial charge in [0, 0.05) is 25.3 Å². The van der Waals surface area contributed by atoms with Crippen LogP contribution in [0.3, 0.4) is 0 Å². The summed E-state index contributed by atoms with van der Waals surface area (Å²) >= 11 is 0. The van der Waals surface area contributed by atoms with Crippen molar-refractivity contribution in [2.75, 3.05) is 7.05 Å². The number of benzene rings is 2. The molecule has 53 heavy (non-hydrogen) atoms. The number of halogens is 1. The number of aromatic hydroxyl groups is 1. The first-order valence-electron chi connectivity index (χ1n) is 19.2. The fourth-order valence-electron chi connectivity index (χ4n) is 7.49. The number of carbonyl (C=O) groups is 4. The van der Waals surface area contributed by atoms with Crippen molar-refractivity contribution in [1.29, 1.82) is 0 Å². The first kappa shape index (κ1) is 43.1. The highest BCUT2D eigenvalue weighted by molar-refractivity contribution is 5.92. The maximum Gasteiger partial charge on any atom is 0.317 e. The van der Waals surface area contributed by atoms with E-state index in [1.807, 2.05) is 18.9 Å². The zero-order valence-electron chi connectivity index (χ0n) is 31.5. The number of phenolic OH excluding ortho intramolecular Hbond substituents is 1. The third-order valence-corrected chi connectivity index (χ3v) is 10.8. The third kappa shape index (κ3) is 13.2. The molecule has 0 bridgehead atoms. The first-order valence-corrected chi connectivity index (χ1v) is 19.2. The summed E-state index contributed by atoms with van der Waals surface area (Å²) in [5.41, 5.74) is 3.19. The van der Waals surface area contributed by atoms with Crippen LogP contribution >= 0.6 is 0 Å². The van der Waals surface area contributed by atoms with E-state index in [0.717, 1.165) is 56.8 Å². The normalized spacial score (nSPS) is 17.4. The number of aldehydes is 1. The molecule has 10 heteroatoms. The molecule has 1 aliphatic rings. The molecular formula is C43H58FNO8. The molecule has 0 heterocycles. The summed E-state index contributed by atoms with van der Waals surface area (Å²) in [6, 6.07) is 10.7. The molecule has 0 spiro atoms. The molecule has 0 radical (unpaired) electrons. The Bertz CT molecular complexity index is 1540. The lowest BCUT2D eigenvalue weighted by atomic mass is 9.79. The van der Waals surface area contributed by atoms with Gasteiger partial charge in [0.05, 0.1) is 12.1 Å². The van der Waals surface area contributed by atoms with Crippen LogP contribution in [-0.2, 0) is 32.0 Å². The lowest BCUT2D eigenvalue weighted by Gasteiger charge is -2.36. The zero-order valence-corrected chi connectivity index (χ0v) is 31.5. The maximum atomic E-state index is 14.7. The van der Waals surface area contributed by atoms with Gasteiger partial charge in [0.15, 0.2) is 5.92 Å². The van der Waals surface area contributed by atoms with E-state index in [1.54, 1.807) is 30.3 Å². The van der Waals surface area contributed by atoms with E-state index in [2.05, 4.69) is 25.2 Å². The van der Waals surface area contributed by atoms with Gasteiger partial charge in [-0.2, -0.15) is 0 Å². The average molecular weight is 736 g/mol. The van der Waals surface area contributed by atoms with Crippen LogP contribution in [-0.4, -0.2) is 62.5 Å². The Morgan fingerprint density at radius 3 is 2.28 bits per heavy atom. The lowest BCUT2D eigenvalue weighted by Crippen LogP contribution is -2.45. The predicted octanol–water partition coefficient (Wildman–Crippen LogP) is 8.23. The number of phenols is 1. The Kier molecular flexibility index (Phi) is 17.9. The number of nitrogens with zero attached hydrogens (tertiary/aromatic N) is 1. The molecule has 2 aromatic carbocycles. The number of hydrogen-bond donors (Lipinski definition) is 4. The predicted molar refractivity (Wildman–Crippen MR) is 203 cm³/mol. The van der Waals surface area contributed by atoms with E-state index in [-0.39, 0.29) is 48.8 Å². The van der Waals surface area contributed by atoms with Crippen molar-refractivity contribution in [2.45, 2.75) is 116 Å². The van der Waals surface area contributed by atoms with E-state index in [1.165, 1.54) is 17.7 Å². The molecule has 290 valence electrons. The molecule has 0 fully saturated rings. The van der Waals surface area contributed by atoms with Gasteiger partial charge in [0.1, 0.15) is 17.9 Å².